The molecule has 1 aromatic rings. The van der Waals surface area contributed by atoms with E-state index in [0.717, 1.165) is 11.6 Å². The summed E-state index contributed by atoms with van der Waals surface area (Å²) in [6.45, 7) is 0. The minimum absolute atomic E-state index is 0.755. The Morgan fingerprint density at radius 3 is 2.69 bits per heavy atom. The zero-order valence-corrected chi connectivity index (χ0v) is 7.92. The monoisotopic (exact) mass is 174 g/mol. The van der Waals surface area contributed by atoms with Crippen LogP contribution in [0.3, 0.4) is 0 Å². The van der Waals surface area contributed by atoms with Crippen molar-refractivity contribution in [1.29, 1.82) is 0 Å². The van der Waals surface area contributed by atoms with E-state index in [1.54, 1.807) is 0 Å². The van der Waals surface area contributed by atoms with Crippen molar-refractivity contribution in [3.05, 3.63) is 29.8 Å². The first-order valence-electron chi connectivity index (χ1n) is 5.13. The Bertz CT molecular complexity index is 274. The zero-order valence-electron chi connectivity index (χ0n) is 7.92. The van der Waals surface area contributed by atoms with E-state index in [0.29, 0.717) is 0 Å². The number of nitrogen functional groups attached to an aromatic ring is 1. The molecule has 0 spiro atoms. The first kappa shape index (κ1) is 8.61. The predicted molar refractivity (Wildman–Crippen MR) is 55.5 cm³/mol. The van der Waals surface area contributed by atoms with Crippen molar-refractivity contribution in [2.75, 3.05) is 5.73 Å². The Balaban J connectivity index is 2.14. The summed E-state index contributed by atoms with van der Waals surface area (Å²) in [7, 11) is 0. The average molecular weight is 174 g/mol. The van der Waals surface area contributed by atoms with Crippen LogP contribution in [0.15, 0.2) is 18.2 Å². The van der Waals surface area contributed by atoms with Gasteiger partial charge in [-0.15, -0.1) is 0 Å². The maximum absolute atomic E-state index is 5.71. The van der Waals surface area contributed by atoms with Gasteiger partial charge in [0.05, 0.1) is 0 Å². The maximum Gasteiger partial charge on any atom is 0.0397 e. The second-order valence-corrected chi connectivity index (χ2v) is 3.91. The molecule has 0 amide bonds. The summed E-state index contributed by atoms with van der Waals surface area (Å²) in [5.74, 6) is 0.755. The van der Waals surface area contributed by atoms with Crippen LogP contribution in [0.5, 0.6) is 0 Å². The van der Waals surface area contributed by atoms with Gasteiger partial charge in [-0.3, -0.25) is 0 Å². The topological polar surface area (TPSA) is 26.0 Å². The highest BCUT2D eigenvalue weighted by Gasteiger charge is 2.14. The van der Waals surface area contributed by atoms with Crippen LogP contribution in [0.25, 0.3) is 0 Å². The van der Waals surface area contributed by atoms with E-state index in [1.165, 1.54) is 37.7 Å². The normalized spacial score (nSPS) is 18.8. The molecule has 0 atom stereocenters. The van der Waals surface area contributed by atoms with Crippen molar-refractivity contribution in [3.63, 3.8) is 0 Å². The number of hydrogen-bond donors (Lipinski definition) is 1. The highest BCUT2D eigenvalue weighted by Crippen LogP contribution is 2.32. The lowest BCUT2D eigenvalue weighted by Crippen LogP contribution is -2.04. The van der Waals surface area contributed by atoms with Crippen LogP contribution in [0.4, 0.5) is 5.69 Å². The summed E-state index contributed by atoms with van der Waals surface area (Å²) < 4.78 is 0. The van der Waals surface area contributed by atoms with E-state index in [9.17, 15) is 0 Å². The molecule has 69 valence electrons. The van der Waals surface area contributed by atoms with Gasteiger partial charge in [-0.05, 0) is 30.4 Å². The van der Waals surface area contributed by atoms with Gasteiger partial charge in [0.25, 0.3) is 0 Å². The molecular formula is C12H16N. The number of hydrogen-bond acceptors (Lipinski definition) is 1. The van der Waals surface area contributed by atoms with Gasteiger partial charge in [0.15, 0.2) is 0 Å². The van der Waals surface area contributed by atoms with Gasteiger partial charge in [0.2, 0.25) is 0 Å². The molecule has 1 aliphatic carbocycles. The highest BCUT2D eigenvalue weighted by molar-refractivity contribution is 5.40. The summed E-state index contributed by atoms with van der Waals surface area (Å²) in [5.41, 5.74) is 7.90. The van der Waals surface area contributed by atoms with Crippen LogP contribution >= 0.6 is 0 Å². The first-order chi connectivity index (χ1) is 6.36. The van der Waals surface area contributed by atoms with Crippen molar-refractivity contribution in [1.82, 2.24) is 0 Å². The number of nitrogens with two attached hydrogens (primary N) is 1. The van der Waals surface area contributed by atoms with Gasteiger partial charge >= 0.3 is 0 Å². The molecule has 1 radical (unpaired) electrons. The van der Waals surface area contributed by atoms with Crippen molar-refractivity contribution in [2.24, 2.45) is 0 Å². The summed E-state index contributed by atoms with van der Waals surface area (Å²) in [6, 6.07) is 9.17. The molecule has 0 unspecified atom stereocenters. The SMILES string of the molecule is Nc1[c]ccc(C2CCCCC2)c1. The van der Waals surface area contributed by atoms with Crippen LogP contribution in [0.2, 0.25) is 0 Å². The Kier molecular flexibility index (Phi) is 2.53. The molecule has 0 bridgehead atoms. The van der Waals surface area contributed by atoms with Crippen molar-refractivity contribution < 1.29 is 0 Å². The molecule has 1 fully saturated rings. The van der Waals surface area contributed by atoms with Gasteiger partial charge < -0.3 is 5.73 Å². The molecule has 0 heterocycles. The van der Waals surface area contributed by atoms with E-state index >= 15 is 0 Å². The minimum Gasteiger partial charge on any atom is -0.398 e. The lowest BCUT2D eigenvalue weighted by Gasteiger charge is -2.21. The third-order valence-corrected chi connectivity index (χ3v) is 2.92. The van der Waals surface area contributed by atoms with Crippen LogP contribution in [-0.4, -0.2) is 0 Å². The largest absolute Gasteiger partial charge is 0.398 e. The molecule has 1 nitrogen and oxygen atoms in total. The van der Waals surface area contributed by atoms with Gasteiger partial charge in [-0.1, -0.05) is 31.4 Å². The van der Waals surface area contributed by atoms with Crippen molar-refractivity contribution in [2.45, 2.75) is 38.0 Å². The molecule has 1 saturated carbocycles. The highest BCUT2D eigenvalue weighted by atomic mass is 14.5. The van der Waals surface area contributed by atoms with E-state index in [2.05, 4.69) is 18.2 Å². The third kappa shape index (κ3) is 2.03. The van der Waals surface area contributed by atoms with Gasteiger partial charge in [-0.25, -0.2) is 0 Å². The standard InChI is InChI=1S/C12H16N/c13-12-8-4-7-11(9-12)10-5-2-1-3-6-10/h4,7,9-10H,1-3,5-6,13H2. The second kappa shape index (κ2) is 3.82. The molecule has 2 N–H and O–H groups in total. The Morgan fingerprint density at radius 2 is 2.00 bits per heavy atom. The maximum atomic E-state index is 5.71. The number of anilines is 1. The fraction of sp³-hybridized carbons (Fsp3) is 0.500. The fourth-order valence-electron chi connectivity index (χ4n) is 2.19. The molecule has 0 saturated heterocycles. The Labute approximate surface area is 80.0 Å². The molecule has 1 aliphatic rings. The van der Waals surface area contributed by atoms with Gasteiger partial charge in [0, 0.05) is 11.8 Å². The van der Waals surface area contributed by atoms with Crippen molar-refractivity contribution >= 4 is 5.69 Å². The summed E-state index contributed by atoms with van der Waals surface area (Å²) >= 11 is 0. The van der Waals surface area contributed by atoms with E-state index in [4.69, 9.17) is 5.73 Å². The molecule has 0 aromatic heterocycles. The summed E-state index contributed by atoms with van der Waals surface area (Å²) in [5, 5.41) is 0. The molecule has 1 heteroatoms. The number of benzene rings is 1. The quantitative estimate of drug-likeness (QED) is 0.650. The summed E-state index contributed by atoms with van der Waals surface area (Å²) in [6.07, 6.45) is 6.84. The summed E-state index contributed by atoms with van der Waals surface area (Å²) in [4.78, 5) is 0. The lowest BCUT2D eigenvalue weighted by molar-refractivity contribution is 0.444. The first-order valence-corrected chi connectivity index (χ1v) is 5.13. The molecule has 13 heavy (non-hydrogen) atoms. The predicted octanol–water partition coefficient (Wildman–Crippen LogP) is 3.12. The van der Waals surface area contributed by atoms with Crippen molar-refractivity contribution in [3.8, 4) is 0 Å². The smallest absolute Gasteiger partial charge is 0.0397 e. The Morgan fingerprint density at radius 1 is 1.23 bits per heavy atom. The number of rotatable bonds is 1. The van der Waals surface area contributed by atoms with Crippen LogP contribution in [-0.2, 0) is 0 Å². The van der Waals surface area contributed by atoms with E-state index in [-0.39, 0.29) is 0 Å². The van der Waals surface area contributed by atoms with Gasteiger partial charge in [-0.2, -0.15) is 0 Å². The van der Waals surface area contributed by atoms with Crippen LogP contribution < -0.4 is 5.73 Å². The van der Waals surface area contributed by atoms with Gasteiger partial charge in [0.1, 0.15) is 0 Å². The van der Waals surface area contributed by atoms with E-state index < -0.39 is 0 Å². The second-order valence-electron chi connectivity index (χ2n) is 3.91. The zero-order chi connectivity index (χ0) is 9.10. The minimum atomic E-state index is 0.755. The fourth-order valence-corrected chi connectivity index (χ4v) is 2.19. The molecule has 2 rings (SSSR count). The molecule has 0 aliphatic heterocycles. The average Bonchev–Trinajstić information content (AvgIpc) is 2.19. The van der Waals surface area contributed by atoms with E-state index in [1.807, 2.05) is 6.07 Å². The molecule has 1 aromatic carbocycles. The lowest BCUT2D eigenvalue weighted by atomic mass is 9.84. The van der Waals surface area contributed by atoms with Crippen LogP contribution in [0, 0.1) is 6.07 Å². The molecular weight excluding hydrogens is 158 g/mol. The van der Waals surface area contributed by atoms with Crippen LogP contribution in [0.1, 0.15) is 43.6 Å². The third-order valence-electron chi connectivity index (χ3n) is 2.92. The Hall–Kier alpha value is -0.980.